The number of hydrogen-bond acceptors (Lipinski definition) is 3. The third-order valence-electron chi connectivity index (χ3n) is 5.29. The number of rotatable bonds is 4. The van der Waals surface area contributed by atoms with Gasteiger partial charge in [0.05, 0.1) is 5.92 Å². The first-order valence-electron chi connectivity index (χ1n) is 9.38. The van der Waals surface area contributed by atoms with E-state index in [-0.39, 0.29) is 29.3 Å². The Morgan fingerprint density at radius 3 is 2.52 bits per heavy atom. The minimum atomic E-state index is -1.30. The molecule has 3 aromatic rings. The standard InChI is InChI=1S/C23H18F3NO3.ClH/c24-13-9-17(22(26)18(25)10-13)15-3-1-2-4-20(15)30-14-7-5-12-6-8-19(27)21(23(28)29)16(12)11-14;/h1-5,7,9-11,19,21H,6,8,27H2,(H,28,29);1H. The van der Waals surface area contributed by atoms with Gasteiger partial charge in [-0.2, -0.15) is 0 Å². The lowest BCUT2D eigenvalue weighted by molar-refractivity contribution is -0.139. The van der Waals surface area contributed by atoms with Crippen LogP contribution in [0.1, 0.15) is 23.5 Å². The minimum Gasteiger partial charge on any atom is -0.481 e. The Bertz CT molecular complexity index is 1140. The number of carboxylic acid groups (broad SMARTS) is 1. The monoisotopic (exact) mass is 449 g/mol. The number of para-hydroxylation sites is 1. The summed E-state index contributed by atoms with van der Waals surface area (Å²) in [5.74, 6) is -4.78. The molecule has 0 fully saturated rings. The molecule has 2 atom stereocenters. The van der Waals surface area contributed by atoms with Crippen LogP contribution < -0.4 is 10.5 Å². The first-order chi connectivity index (χ1) is 14.3. The highest BCUT2D eigenvalue weighted by molar-refractivity contribution is 5.85. The van der Waals surface area contributed by atoms with Crippen LogP contribution >= 0.6 is 12.4 Å². The summed E-state index contributed by atoms with van der Waals surface area (Å²) in [4.78, 5) is 11.7. The molecule has 31 heavy (non-hydrogen) atoms. The molecule has 0 aliphatic heterocycles. The van der Waals surface area contributed by atoms with Gasteiger partial charge in [-0.15, -0.1) is 12.4 Å². The van der Waals surface area contributed by atoms with Crippen molar-refractivity contribution in [2.24, 2.45) is 5.73 Å². The third-order valence-corrected chi connectivity index (χ3v) is 5.29. The zero-order chi connectivity index (χ0) is 21.4. The number of aryl methyl sites for hydroxylation is 1. The van der Waals surface area contributed by atoms with Crippen LogP contribution in [0.5, 0.6) is 11.5 Å². The van der Waals surface area contributed by atoms with E-state index in [0.717, 1.165) is 11.6 Å². The summed E-state index contributed by atoms with van der Waals surface area (Å²) in [6, 6.07) is 12.2. The lowest BCUT2D eigenvalue weighted by Crippen LogP contribution is -2.37. The van der Waals surface area contributed by atoms with E-state index in [2.05, 4.69) is 0 Å². The van der Waals surface area contributed by atoms with Crippen LogP contribution in [0.3, 0.4) is 0 Å². The van der Waals surface area contributed by atoms with Crippen molar-refractivity contribution in [2.75, 3.05) is 0 Å². The number of carbonyl (C=O) groups is 1. The maximum absolute atomic E-state index is 14.3. The lowest BCUT2D eigenvalue weighted by atomic mass is 9.79. The van der Waals surface area contributed by atoms with Gasteiger partial charge in [-0.25, -0.2) is 13.2 Å². The highest BCUT2D eigenvalue weighted by Crippen LogP contribution is 2.38. The molecule has 0 bridgehead atoms. The average molecular weight is 450 g/mol. The predicted octanol–water partition coefficient (Wildman–Crippen LogP) is 5.43. The van der Waals surface area contributed by atoms with Gasteiger partial charge in [-0.05, 0) is 48.2 Å². The van der Waals surface area contributed by atoms with Gasteiger partial charge in [0.1, 0.15) is 17.3 Å². The third kappa shape index (κ3) is 4.38. The Morgan fingerprint density at radius 1 is 1.03 bits per heavy atom. The summed E-state index contributed by atoms with van der Waals surface area (Å²) in [5.41, 5.74) is 7.35. The highest BCUT2D eigenvalue weighted by atomic mass is 35.5. The molecule has 4 rings (SSSR count). The molecular weight excluding hydrogens is 431 g/mol. The lowest BCUT2D eigenvalue weighted by Gasteiger charge is -2.28. The molecule has 1 aliphatic rings. The normalized spacial score (nSPS) is 17.4. The molecule has 162 valence electrons. The van der Waals surface area contributed by atoms with E-state index in [4.69, 9.17) is 10.5 Å². The van der Waals surface area contributed by atoms with Gasteiger partial charge >= 0.3 is 5.97 Å². The van der Waals surface area contributed by atoms with E-state index in [1.807, 2.05) is 0 Å². The van der Waals surface area contributed by atoms with Crippen LogP contribution in [0.25, 0.3) is 11.1 Å². The van der Waals surface area contributed by atoms with Gasteiger partial charge in [0.2, 0.25) is 0 Å². The molecule has 1 aliphatic carbocycles. The van der Waals surface area contributed by atoms with Gasteiger partial charge in [-0.1, -0.05) is 24.3 Å². The van der Waals surface area contributed by atoms with Gasteiger partial charge in [0.15, 0.2) is 11.6 Å². The van der Waals surface area contributed by atoms with Crippen LogP contribution in [0, 0.1) is 17.5 Å². The zero-order valence-corrected chi connectivity index (χ0v) is 17.0. The SMILES string of the molecule is Cl.NC1CCc2ccc(Oc3ccccc3-c3cc(F)cc(F)c3F)cc2C1C(=O)O. The van der Waals surface area contributed by atoms with Crippen LogP contribution in [0.4, 0.5) is 13.2 Å². The van der Waals surface area contributed by atoms with E-state index in [1.165, 1.54) is 12.1 Å². The molecule has 3 N–H and O–H groups in total. The van der Waals surface area contributed by atoms with Crippen molar-refractivity contribution in [2.45, 2.75) is 24.8 Å². The van der Waals surface area contributed by atoms with Gasteiger partial charge in [0.25, 0.3) is 0 Å². The Kier molecular flexibility index (Phi) is 6.57. The molecule has 0 heterocycles. The van der Waals surface area contributed by atoms with Gasteiger partial charge in [0, 0.05) is 23.2 Å². The van der Waals surface area contributed by atoms with Gasteiger partial charge in [-0.3, -0.25) is 4.79 Å². The highest BCUT2D eigenvalue weighted by Gasteiger charge is 2.33. The van der Waals surface area contributed by atoms with Gasteiger partial charge < -0.3 is 15.6 Å². The van der Waals surface area contributed by atoms with Crippen molar-refractivity contribution in [3.05, 3.63) is 83.2 Å². The summed E-state index contributed by atoms with van der Waals surface area (Å²) in [6.07, 6.45) is 1.22. The molecule has 0 radical (unpaired) electrons. The smallest absolute Gasteiger partial charge is 0.312 e. The topological polar surface area (TPSA) is 72.5 Å². The number of halogens is 4. The fraction of sp³-hybridized carbons (Fsp3) is 0.174. The minimum absolute atomic E-state index is 0. The number of fused-ring (bicyclic) bond motifs is 1. The van der Waals surface area contributed by atoms with Crippen LogP contribution in [-0.2, 0) is 11.2 Å². The average Bonchev–Trinajstić information content (AvgIpc) is 2.70. The molecule has 0 amide bonds. The summed E-state index contributed by atoms with van der Waals surface area (Å²) in [7, 11) is 0. The van der Waals surface area contributed by atoms with Crippen molar-refractivity contribution < 1.29 is 27.8 Å². The van der Waals surface area contributed by atoms with Crippen LogP contribution in [-0.4, -0.2) is 17.1 Å². The van der Waals surface area contributed by atoms with Crippen LogP contribution in [0.2, 0.25) is 0 Å². The largest absolute Gasteiger partial charge is 0.481 e. The zero-order valence-electron chi connectivity index (χ0n) is 16.1. The number of benzene rings is 3. The number of hydrogen-bond donors (Lipinski definition) is 2. The molecule has 2 unspecified atom stereocenters. The Hall–Kier alpha value is -3.03. The first kappa shape index (κ1) is 22.7. The molecule has 0 saturated carbocycles. The van der Waals surface area contributed by atoms with E-state index in [9.17, 15) is 23.1 Å². The number of aliphatic carboxylic acids is 1. The summed E-state index contributed by atoms with van der Waals surface area (Å²) in [5, 5.41) is 9.58. The second kappa shape index (κ2) is 8.99. The van der Waals surface area contributed by atoms with E-state index in [1.54, 1.807) is 30.3 Å². The Balaban J connectivity index is 0.00000272. The number of carboxylic acids is 1. The number of ether oxygens (including phenoxy) is 1. The van der Waals surface area contributed by atoms with Crippen molar-refractivity contribution in [1.82, 2.24) is 0 Å². The summed E-state index contributed by atoms with van der Waals surface area (Å²) >= 11 is 0. The van der Waals surface area contributed by atoms with Crippen molar-refractivity contribution in [1.29, 1.82) is 0 Å². The fourth-order valence-electron chi connectivity index (χ4n) is 3.85. The van der Waals surface area contributed by atoms with E-state index in [0.29, 0.717) is 30.2 Å². The Morgan fingerprint density at radius 2 is 1.77 bits per heavy atom. The molecule has 0 aromatic heterocycles. The quantitative estimate of drug-likeness (QED) is 0.521. The maximum atomic E-state index is 14.3. The fourth-order valence-corrected chi connectivity index (χ4v) is 3.85. The first-order valence-corrected chi connectivity index (χ1v) is 9.38. The van der Waals surface area contributed by atoms with Crippen LogP contribution in [0.15, 0.2) is 54.6 Å². The number of nitrogens with two attached hydrogens (primary N) is 1. The van der Waals surface area contributed by atoms with Crippen molar-refractivity contribution >= 4 is 18.4 Å². The van der Waals surface area contributed by atoms with Crippen molar-refractivity contribution in [3.63, 3.8) is 0 Å². The summed E-state index contributed by atoms with van der Waals surface area (Å²) in [6.45, 7) is 0. The van der Waals surface area contributed by atoms with E-state index >= 15 is 0 Å². The molecular formula is C23H19ClF3NO3. The van der Waals surface area contributed by atoms with E-state index < -0.39 is 35.4 Å². The summed E-state index contributed by atoms with van der Waals surface area (Å²) < 4.78 is 47.6. The second-order valence-corrected chi connectivity index (χ2v) is 7.23. The maximum Gasteiger partial charge on any atom is 0.312 e. The molecule has 0 saturated heterocycles. The van der Waals surface area contributed by atoms with Crippen molar-refractivity contribution in [3.8, 4) is 22.6 Å². The molecule has 3 aromatic carbocycles. The molecule has 0 spiro atoms. The molecule has 4 nitrogen and oxygen atoms in total. The second-order valence-electron chi connectivity index (χ2n) is 7.23. The molecule has 8 heteroatoms. The Labute approximate surface area is 182 Å². The predicted molar refractivity (Wildman–Crippen MR) is 112 cm³/mol.